The van der Waals surface area contributed by atoms with Crippen LogP contribution in [0.25, 0.3) is 0 Å². The standard InChI is InChI=1S/C15H14F5NO5/c16-14(17)26-10-2-12-11(24-6-25-12)1-7(10)3-21-4-8(13(22)23)9(5-21)15(18,19)20/h1-2,8-9,14H,3-6H2,(H,22,23)/t8-,9-/m1/s1. The monoisotopic (exact) mass is 383 g/mol. The van der Waals surface area contributed by atoms with Crippen molar-refractivity contribution < 1.29 is 46.1 Å². The molecule has 0 unspecified atom stereocenters. The van der Waals surface area contributed by atoms with E-state index in [0.29, 0.717) is 0 Å². The largest absolute Gasteiger partial charge is 0.481 e. The molecule has 2 aliphatic rings. The summed E-state index contributed by atoms with van der Waals surface area (Å²) in [6.07, 6.45) is -4.67. The van der Waals surface area contributed by atoms with Gasteiger partial charge in [-0.2, -0.15) is 22.0 Å². The molecular formula is C15H14F5NO5. The molecule has 0 radical (unpaired) electrons. The fourth-order valence-corrected chi connectivity index (χ4v) is 3.13. The first kappa shape index (κ1) is 18.5. The summed E-state index contributed by atoms with van der Waals surface area (Å²) in [5.74, 6) is -5.03. The summed E-state index contributed by atoms with van der Waals surface area (Å²) >= 11 is 0. The Hall–Kier alpha value is -2.30. The van der Waals surface area contributed by atoms with Gasteiger partial charge in [0.2, 0.25) is 6.79 Å². The van der Waals surface area contributed by atoms with Crippen LogP contribution >= 0.6 is 0 Å². The molecule has 1 aromatic carbocycles. The number of hydrogen-bond acceptors (Lipinski definition) is 5. The number of hydrogen-bond donors (Lipinski definition) is 1. The molecule has 2 heterocycles. The van der Waals surface area contributed by atoms with Crippen LogP contribution in [0.1, 0.15) is 5.56 Å². The van der Waals surface area contributed by atoms with Gasteiger partial charge in [0.05, 0.1) is 11.8 Å². The van der Waals surface area contributed by atoms with E-state index in [0.717, 1.165) is 0 Å². The maximum absolute atomic E-state index is 13.1. The Kier molecular flexibility index (Phi) is 4.82. The van der Waals surface area contributed by atoms with Crippen molar-refractivity contribution in [1.29, 1.82) is 0 Å². The quantitative estimate of drug-likeness (QED) is 0.789. The minimum atomic E-state index is -4.67. The second kappa shape index (κ2) is 6.78. The molecule has 6 nitrogen and oxygen atoms in total. The highest BCUT2D eigenvalue weighted by Crippen LogP contribution is 2.42. The maximum Gasteiger partial charge on any atom is 0.393 e. The highest BCUT2D eigenvalue weighted by molar-refractivity contribution is 5.71. The van der Waals surface area contributed by atoms with E-state index in [1.54, 1.807) is 0 Å². The zero-order chi connectivity index (χ0) is 19.1. The molecule has 0 bridgehead atoms. The number of fused-ring (bicyclic) bond motifs is 1. The zero-order valence-corrected chi connectivity index (χ0v) is 13.1. The van der Waals surface area contributed by atoms with Crippen molar-refractivity contribution in [2.24, 2.45) is 11.8 Å². The number of rotatable bonds is 5. The third-order valence-corrected chi connectivity index (χ3v) is 4.30. The van der Waals surface area contributed by atoms with Crippen LogP contribution in [0.15, 0.2) is 12.1 Å². The van der Waals surface area contributed by atoms with Crippen molar-refractivity contribution in [1.82, 2.24) is 4.90 Å². The van der Waals surface area contributed by atoms with Crippen LogP contribution in [0, 0.1) is 11.8 Å². The van der Waals surface area contributed by atoms with Gasteiger partial charge in [0.1, 0.15) is 5.75 Å². The number of alkyl halides is 5. The van der Waals surface area contributed by atoms with E-state index in [1.165, 1.54) is 17.0 Å². The molecule has 1 N–H and O–H groups in total. The Morgan fingerprint density at radius 2 is 1.92 bits per heavy atom. The van der Waals surface area contributed by atoms with Crippen molar-refractivity contribution >= 4 is 5.97 Å². The molecule has 11 heteroatoms. The number of ether oxygens (including phenoxy) is 3. The summed E-state index contributed by atoms with van der Waals surface area (Å²) in [7, 11) is 0. The Morgan fingerprint density at radius 3 is 2.46 bits per heavy atom. The predicted molar refractivity (Wildman–Crippen MR) is 75.1 cm³/mol. The number of carboxylic acids is 1. The molecule has 0 aliphatic carbocycles. The van der Waals surface area contributed by atoms with E-state index in [1.807, 2.05) is 0 Å². The Morgan fingerprint density at radius 1 is 1.27 bits per heavy atom. The van der Waals surface area contributed by atoms with Gasteiger partial charge >= 0.3 is 18.8 Å². The molecule has 0 amide bonds. The molecule has 1 fully saturated rings. The molecular weight excluding hydrogens is 369 g/mol. The van der Waals surface area contributed by atoms with Crippen LogP contribution in [0.2, 0.25) is 0 Å². The van der Waals surface area contributed by atoms with Crippen LogP contribution < -0.4 is 14.2 Å². The van der Waals surface area contributed by atoms with Crippen LogP contribution in [0.3, 0.4) is 0 Å². The van der Waals surface area contributed by atoms with Gasteiger partial charge in [-0.1, -0.05) is 0 Å². The van der Waals surface area contributed by atoms with E-state index < -0.39 is 37.1 Å². The van der Waals surface area contributed by atoms with Crippen LogP contribution in [-0.2, 0) is 11.3 Å². The van der Waals surface area contributed by atoms with Crippen LogP contribution in [-0.4, -0.2) is 48.6 Å². The summed E-state index contributed by atoms with van der Waals surface area (Å²) in [5, 5.41) is 9.04. The molecule has 0 aromatic heterocycles. The van der Waals surface area contributed by atoms with Crippen molar-refractivity contribution in [2.45, 2.75) is 19.3 Å². The minimum Gasteiger partial charge on any atom is -0.481 e. The molecule has 1 saturated heterocycles. The molecule has 2 aliphatic heterocycles. The van der Waals surface area contributed by atoms with Gasteiger partial charge in [-0.05, 0) is 6.07 Å². The lowest BCUT2D eigenvalue weighted by Gasteiger charge is -2.19. The first-order valence-electron chi connectivity index (χ1n) is 7.54. The van der Waals surface area contributed by atoms with E-state index >= 15 is 0 Å². The number of halogens is 5. The lowest BCUT2D eigenvalue weighted by atomic mass is 9.96. The molecule has 1 aromatic rings. The Balaban J connectivity index is 1.83. The number of benzene rings is 1. The summed E-state index contributed by atoms with van der Waals surface area (Å²) in [5.41, 5.74) is 0.154. The topological polar surface area (TPSA) is 68.2 Å². The van der Waals surface area contributed by atoms with Gasteiger partial charge in [-0.25, -0.2) is 0 Å². The molecule has 26 heavy (non-hydrogen) atoms. The molecule has 0 spiro atoms. The lowest BCUT2D eigenvalue weighted by Crippen LogP contribution is -2.33. The number of aliphatic carboxylic acids is 1. The summed E-state index contributed by atoms with van der Waals surface area (Å²) in [4.78, 5) is 12.4. The first-order valence-corrected chi connectivity index (χ1v) is 7.54. The van der Waals surface area contributed by atoms with E-state index in [-0.39, 0.29) is 42.7 Å². The van der Waals surface area contributed by atoms with Crippen molar-refractivity contribution in [3.63, 3.8) is 0 Å². The molecule has 2 atom stereocenters. The summed E-state index contributed by atoms with van der Waals surface area (Å²) in [6, 6.07) is 2.52. The lowest BCUT2D eigenvalue weighted by molar-refractivity contribution is -0.188. The predicted octanol–water partition coefficient (Wildman–Crippen LogP) is 2.71. The van der Waals surface area contributed by atoms with Crippen molar-refractivity contribution in [3.05, 3.63) is 17.7 Å². The minimum absolute atomic E-state index is 0.117. The van der Waals surface area contributed by atoms with E-state index in [9.17, 15) is 26.7 Å². The second-order valence-electron chi connectivity index (χ2n) is 5.98. The summed E-state index contributed by atoms with van der Waals surface area (Å²) in [6.45, 7) is -4.36. The van der Waals surface area contributed by atoms with Gasteiger partial charge in [-0.3, -0.25) is 9.69 Å². The number of nitrogens with zero attached hydrogens (tertiary/aromatic N) is 1. The smallest absolute Gasteiger partial charge is 0.393 e. The van der Waals surface area contributed by atoms with Crippen LogP contribution in [0.4, 0.5) is 22.0 Å². The Labute approximate surface area is 144 Å². The average molecular weight is 383 g/mol. The average Bonchev–Trinajstić information content (AvgIpc) is 3.12. The van der Waals surface area contributed by atoms with Gasteiger partial charge in [0.25, 0.3) is 0 Å². The second-order valence-corrected chi connectivity index (χ2v) is 5.98. The summed E-state index contributed by atoms with van der Waals surface area (Å²) < 4.78 is 79.1. The highest BCUT2D eigenvalue weighted by Gasteiger charge is 2.52. The fourth-order valence-electron chi connectivity index (χ4n) is 3.13. The maximum atomic E-state index is 13.1. The van der Waals surface area contributed by atoms with Crippen molar-refractivity contribution in [3.8, 4) is 17.2 Å². The fraction of sp³-hybridized carbons (Fsp3) is 0.533. The zero-order valence-electron chi connectivity index (χ0n) is 13.1. The van der Waals surface area contributed by atoms with Gasteiger partial charge in [0, 0.05) is 31.3 Å². The Bertz CT molecular complexity index is 696. The molecule has 0 saturated carbocycles. The van der Waals surface area contributed by atoms with Gasteiger partial charge < -0.3 is 19.3 Å². The normalized spacial score (nSPS) is 22.8. The van der Waals surface area contributed by atoms with E-state index in [2.05, 4.69) is 4.74 Å². The highest BCUT2D eigenvalue weighted by atomic mass is 19.4. The van der Waals surface area contributed by atoms with Crippen LogP contribution in [0.5, 0.6) is 17.2 Å². The first-order chi connectivity index (χ1) is 12.1. The van der Waals surface area contributed by atoms with Gasteiger partial charge in [0.15, 0.2) is 11.5 Å². The SMILES string of the molecule is O=C(O)[C@@H]1CN(Cc2cc3c(cc2OC(F)F)OCO3)C[C@H]1C(F)(F)F. The number of carboxylic acid groups (broad SMARTS) is 1. The molecule has 144 valence electrons. The van der Waals surface area contributed by atoms with Crippen molar-refractivity contribution in [2.75, 3.05) is 19.9 Å². The molecule has 3 rings (SSSR count). The number of carbonyl (C=O) groups is 1. The third kappa shape index (κ3) is 3.76. The van der Waals surface area contributed by atoms with Gasteiger partial charge in [-0.15, -0.1) is 0 Å². The number of likely N-dealkylation sites (tertiary alicyclic amines) is 1. The van der Waals surface area contributed by atoms with E-state index in [4.69, 9.17) is 14.6 Å². The third-order valence-electron chi connectivity index (χ3n) is 4.30.